The van der Waals surface area contributed by atoms with Crippen LogP contribution in [0.4, 0.5) is 0 Å². The summed E-state index contributed by atoms with van der Waals surface area (Å²) in [4.78, 5) is 45.1. The van der Waals surface area contributed by atoms with Gasteiger partial charge in [0.05, 0.1) is 6.04 Å². The summed E-state index contributed by atoms with van der Waals surface area (Å²) in [5, 5.41) is 7.28. The van der Waals surface area contributed by atoms with E-state index in [2.05, 4.69) is 15.6 Å². The Morgan fingerprint density at radius 2 is 1.78 bits per heavy atom. The Labute approximate surface area is 218 Å². The van der Waals surface area contributed by atoms with Crippen LogP contribution in [0.15, 0.2) is 72.8 Å². The quantitative estimate of drug-likeness (QED) is 0.375. The fraction of sp³-hybridized carbons (Fsp3) is 0.207. The molecule has 3 amide bonds. The van der Waals surface area contributed by atoms with Gasteiger partial charge in [0.1, 0.15) is 12.1 Å². The van der Waals surface area contributed by atoms with Crippen molar-refractivity contribution < 1.29 is 14.4 Å². The normalized spacial score (nSPS) is 18.6. The Morgan fingerprint density at radius 1 is 1.05 bits per heavy atom. The number of hydrogen-bond acceptors (Lipinski definition) is 3. The van der Waals surface area contributed by atoms with Crippen LogP contribution < -0.4 is 10.6 Å². The summed E-state index contributed by atoms with van der Waals surface area (Å²) >= 11 is 6.19. The Balaban J connectivity index is 1.27. The molecule has 3 aromatic carbocycles. The van der Waals surface area contributed by atoms with E-state index < -0.39 is 12.1 Å². The maximum atomic E-state index is 13.6. The van der Waals surface area contributed by atoms with Crippen LogP contribution in [0.1, 0.15) is 45.7 Å². The molecule has 0 saturated carbocycles. The summed E-state index contributed by atoms with van der Waals surface area (Å²) in [6.45, 7) is 1.89. The van der Waals surface area contributed by atoms with Crippen molar-refractivity contribution in [2.24, 2.45) is 0 Å². The number of para-hydroxylation sites is 1. The summed E-state index contributed by atoms with van der Waals surface area (Å²) in [7, 11) is 0. The number of carbonyl (C=O) groups is 3. The van der Waals surface area contributed by atoms with Crippen LogP contribution in [0.3, 0.4) is 0 Å². The molecule has 3 N–H and O–H groups in total. The van der Waals surface area contributed by atoms with Gasteiger partial charge >= 0.3 is 0 Å². The molecule has 3 atom stereocenters. The van der Waals surface area contributed by atoms with E-state index in [1.165, 1.54) is 0 Å². The molecule has 0 unspecified atom stereocenters. The molecule has 3 heterocycles. The number of amides is 3. The van der Waals surface area contributed by atoms with E-state index in [-0.39, 0.29) is 30.3 Å². The van der Waals surface area contributed by atoms with E-state index in [0.29, 0.717) is 17.0 Å². The first kappa shape index (κ1) is 23.3. The zero-order valence-electron chi connectivity index (χ0n) is 20.1. The predicted molar refractivity (Wildman–Crippen MR) is 141 cm³/mol. The highest BCUT2D eigenvalue weighted by atomic mass is 35.5. The number of H-pyrrole nitrogens is 1. The molecular formula is C29H25ClN4O3. The summed E-state index contributed by atoms with van der Waals surface area (Å²) in [5.41, 5.74) is 5.20. The molecule has 0 radical (unpaired) electrons. The van der Waals surface area contributed by atoms with Crippen molar-refractivity contribution in [2.45, 2.75) is 38.0 Å². The van der Waals surface area contributed by atoms with Crippen LogP contribution in [0.2, 0.25) is 5.02 Å². The molecule has 0 bridgehead atoms. The maximum absolute atomic E-state index is 13.6. The average molecular weight is 513 g/mol. The van der Waals surface area contributed by atoms with Crippen molar-refractivity contribution in [3.63, 3.8) is 0 Å². The molecule has 6 rings (SSSR count). The van der Waals surface area contributed by atoms with Crippen molar-refractivity contribution >= 4 is 40.2 Å². The third-order valence-electron chi connectivity index (χ3n) is 7.32. The van der Waals surface area contributed by atoms with E-state index in [9.17, 15) is 14.4 Å². The Morgan fingerprint density at radius 3 is 2.62 bits per heavy atom. The topological polar surface area (TPSA) is 94.3 Å². The molecule has 186 valence electrons. The van der Waals surface area contributed by atoms with Gasteiger partial charge in [-0.1, -0.05) is 66.2 Å². The number of halogens is 1. The minimum atomic E-state index is -0.794. The lowest BCUT2D eigenvalue weighted by atomic mass is 9.90. The van der Waals surface area contributed by atoms with E-state index in [0.717, 1.165) is 33.3 Å². The minimum Gasteiger partial charge on any atom is -0.356 e. The maximum Gasteiger partial charge on any atom is 0.255 e. The monoisotopic (exact) mass is 512 g/mol. The van der Waals surface area contributed by atoms with Gasteiger partial charge in [-0.2, -0.15) is 0 Å². The van der Waals surface area contributed by atoms with Crippen LogP contribution >= 0.6 is 11.6 Å². The second kappa shape index (κ2) is 9.09. The smallest absolute Gasteiger partial charge is 0.255 e. The molecule has 7 nitrogen and oxygen atoms in total. The second-order valence-corrected chi connectivity index (χ2v) is 9.93. The lowest BCUT2D eigenvalue weighted by Gasteiger charge is -2.37. The van der Waals surface area contributed by atoms with Crippen LogP contribution in [0.5, 0.6) is 0 Å². The van der Waals surface area contributed by atoms with Gasteiger partial charge in [0, 0.05) is 40.1 Å². The van der Waals surface area contributed by atoms with E-state index in [4.69, 9.17) is 11.6 Å². The standard InChI is InChI=1S/C29H25ClN4O3/c1-16(27(35)31-15-17-8-2-6-12-22(17)30)32-28(36)24-14-21-18-9-5-7-13-23(18)33-25(21)26-19-10-3-4-11-20(19)29(37)34(24)26/h2-13,16,24,26,33H,14-15H2,1H3,(H,31,35)(H,32,36)/t16-,24-,26+/m0/s1. The number of nitrogens with one attached hydrogen (secondary N) is 3. The summed E-state index contributed by atoms with van der Waals surface area (Å²) in [5.74, 6) is -0.868. The van der Waals surface area contributed by atoms with Crippen molar-refractivity contribution in [2.75, 3.05) is 0 Å². The summed E-state index contributed by atoms with van der Waals surface area (Å²) in [6.07, 6.45) is 0.357. The van der Waals surface area contributed by atoms with Crippen LogP contribution in [-0.2, 0) is 22.6 Å². The molecule has 0 saturated heterocycles. The van der Waals surface area contributed by atoms with Gasteiger partial charge in [0.15, 0.2) is 0 Å². The van der Waals surface area contributed by atoms with Gasteiger partial charge in [-0.25, -0.2) is 0 Å². The van der Waals surface area contributed by atoms with E-state index >= 15 is 0 Å². The van der Waals surface area contributed by atoms with Gasteiger partial charge in [-0.3, -0.25) is 14.4 Å². The number of carbonyl (C=O) groups excluding carboxylic acids is 3. The van der Waals surface area contributed by atoms with Crippen molar-refractivity contribution in [3.05, 3.63) is 106 Å². The fourth-order valence-electron chi connectivity index (χ4n) is 5.49. The molecular weight excluding hydrogens is 488 g/mol. The average Bonchev–Trinajstić information content (AvgIpc) is 3.43. The van der Waals surface area contributed by atoms with Crippen LogP contribution in [0, 0.1) is 0 Å². The van der Waals surface area contributed by atoms with Gasteiger partial charge in [0.25, 0.3) is 5.91 Å². The van der Waals surface area contributed by atoms with E-state index in [1.807, 2.05) is 60.7 Å². The number of fused-ring (bicyclic) bond motifs is 7. The second-order valence-electron chi connectivity index (χ2n) is 9.52. The number of aromatic amines is 1. The highest BCUT2D eigenvalue weighted by molar-refractivity contribution is 6.31. The number of aromatic nitrogens is 1. The molecule has 4 aromatic rings. The predicted octanol–water partition coefficient (Wildman–Crippen LogP) is 4.11. The molecule has 37 heavy (non-hydrogen) atoms. The number of rotatable bonds is 5. The number of benzene rings is 3. The zero-order chi connectivity index (χ0) is 25.7. The number of hydrogen-bond donors (Lipinski definition) is 3. The molecule has 2 aliphatic rings. The Hall–Kier alpha value is -4.10. The highest BCUT2D eigenvalue weighted by Crippen LogP contribution is 2.46. The summed E-state index contributed by atoms with van der Waals surface area (Å²) in [6, 6.07) is 20.8. The van der Waals surface area contributed by atoms with Gasteiger partial charge in [-0.15, -0.1) is 0 Å². The minimum absolute atomic E-state index is 0.180. The number of nitrogens with zero attached hydrogens (tertiary/aromatic N) is 1. The third kappa shape index (κ3) is 3.86. The van der Waals surface area contributed by atoms with Crippen molar-refractivity contribution in [1.82, 2.24) is 20.5 Å². The molecule has 0 fully saturated rings. The first-order chi connectivity index (χ1) is 17.9. The molecule has 2 aliphatic heterocycles. The largest absolute Gasteiger partial charge is 0.356 e. The zero-order valence-corrected chi connectivity index (χ0v) is 20.9. The molecule has 1 aromatic heterocycles. The van der Waals surface area contributed by atoms with Gasteiger partial charge < -0.3 is 20.5 Å². The van der Waals surface area contributed by atoms with Crippen LogP contribution in [-0.4, -0.2) is 39.7 Å². The van der Waals surface area contributed by atoms with Crippen molar-refractivity contribution in [1.29, 1.82) is 0 Å². The molecule has 0 spiro atoms. The molecule has 8 heteroatoms. The first-order valence-corrected chi connectivity index (χ1v) is 12.6. The lowest BCUT2D eigenvalue weighted by Crippen LogP contribution is -2.55. The molecule has 0 aliphatic carbocycles. The van der Waals surface area contributed by atoms with Gasteiger partial charge in [0.2, 0.25) is 11.8 Å². The Kier molecular flexibility index (Phi) is 5.72. The van der Waals surface area contributed by atoms with Crippen LogP contribution in [0.25, 0.3) is 10.9 Å². The Bertz CT molecular complexity index is 1560. The summed E-state index contributed by atoms with van der Waals surface area (Å²) < 4.78 is 0. The highest BCUT2D eigenvalue weighted by Gasteiger charge is 2.49. The van der Waals surface area contributed by atoms with E-state index in [1.54, 1.807) is 24.0 Å². The first-order valence-electron chi connectivity index (χ1n) is 12.3. The third-order valence-corrected chi connectivity index (χ3v) is 7.69. The lowest BCUT2D eigenvalue weighted by molar-refractivity contribution is -0.131. The SMILES string of the molecule is C[C@H](NC(=O)[C@@H]1Cc2c([nH]c3ccccc23)[C@H]2c3ccccc3C(=O)N21)C(=O)NCc1ccccc1Cl. The van der Waals surface area contributed by atoms with Gasteiger partial charge in [-0.05, 0) is 41.8 Å². The fourth-order valence-corrected chi connectivity index (χ4v) is 5.69. The van der Waals surface area contributed by atoms with Crippen molar-refractivity contribution in [3.8, 4) is 0 Å².